The van der Waals surface area contributed by atoms with Crippen molar-refractivity contribution in [1.82, 2.24) is 19.3 Å². The van der Waals surface area contributed by atoms with Crippen LogP contribution >= 0.6 is 23.3 Å². The maximum atomic E-state index is 4.61. The van der Waals surface area contributed by atoms with E-state index in [4.69, 9.17) is 0 Å². The average molecular weight is 281 g/mol. The van der Waals surface area contributed by atoms with Gasteiger partial charge in [0, 0.05) is 18.5 Å². The molecule has 2 heterocycles. The zero-order chi connectivity index (χ0) is 13.1. The SMILES string of the molecule is CNc1nc(C(C)C)nc(Sc2ncns2)c1C. The third-order valence-electron chi connectivity index (χ3n) is 2.40. The molecule has 7 heteroatoms. The summed E-state index contributed by atoms with van der Waals surface area (Å²) in [5.74, 6) is 2.02. The summed E-state index contributed by atoms with van der Waals surface area (Å²) < 4.78 is 4.90. The molecule has 0 aliphatic carbocycles. The molecule has 0 bridgehead atoms. The van der Waals surface area contributed by atoms with Gasteiger partial charge >= 0.3 is 0 Å². The van der Waals surface area contributed by atoms with Crippen molar-refractivity contribution < 1.29 is 0 Å². The van der Waals surface area contributed by atoms with Crippen LogP contribution in [0, 0.1) is 6.92 Å². The molecule has 0 saturated carbocycles. The fraction of sp³-hybridized carbons (Fsp3) is 0.455. The summed E-state index contributed by atoms with van der Waals surface area (Å²) in [5, 5.41) is 4.05. The van der Waals surface area contributed by atoms with E-state index in [9.17, 15) is 0 Å². The van der Waals surface area contributed by atoms with Crippen molar-refractivity contribution in [3.05, 3.63) is 17.7 Å². The highest BCUT2D eigenvalue weighted by Crippen LogP contribution is 2.32. The molecule has 0 saturated heterocycles. The molecule has 18 heavy (non-hydrogen) atoms. The van der Waals surface area contributed by atoms with Crippen LogP contribution in [0.3, 0.4) is 0 Å². The number of hydrogen-bond donors (Lipinski definition) is 1. The molecular formula is C11H15N5S2. The van der Waals surface area contributed by atoms with E-state index in [-0.39, 0.29) is 0 Å². The van der Waals surface area contributed by atoms with E-state index >= 15 is 0 Å². The van der Waals surface area contributed by atoms with Gasteiger partial charge in [-0.3, -0.25) is 0 Å². The second-order valence-electron chi connectivity index (χ2n) is 4.07. The Bertz CT molecular complexity index is 524. The minimum atomic E-state index is 0.298. The van der Waals surface area contributed by atoms with Crippen LogP contribution in [-0.4, -0.2) is 26.4 Å². The second-order valence-corrected chi connectivity index (χ2v) is 6.09. The molecule has 0 aliphatic heterocycles. The highest BCUT2D eigenvalue weighted by molar-refractivity contribution is 8.00. The van der Waals surface area contributed by atoms with Gasteiger partial charge < -0.3 is 5.32 Å². The van der Waals surface area contributed by atoms with Crippen molar-refractivity contribution in [3.8, 4) is 0 Å². The minimum Gasteiger partial charge on any atom is -0.373 e. The van der Waals surface area contributed by atoms with Gasteiger partial charge in [-0.25, -0.2) is 15.0 Å². The van der Waals surface area contributed by atoms with Gasteiger partial charge in [-0.05, 0) is 30.2 Å². The van der Waals surface area contributed by atoms with Crippen LogP contribution in [0.25, 0.3) is 0 Å². The van der Waals surface area contributed by atoms with Crippen LogP contribution in [0.4, 0.5) is 5.82 Å². The molecule has 96 valence electrons. The molecule has 0 radical (unpaired) electrons. The van der Waals surface area contributed by atoms with Gasteiger partial charge in [-0.1, -0.05) is 13.8 Å². The maximum absolute atomic E-state index is 4.61. The van der Waals surface area contributed by atoms with Gasteiger partial charge in [0.1, 0.15) is 23.0 Å². The van der Waals surface area contributed by atoms with E-state index in [1.807, 2.05) is 14.0 Å². The van der Waals surface area contributed by atoms with E-state index < -0.39 is 0 Å². The first-order valence-corrected chi connectivity index (χ1v) is 7.21. The number of rotatable bonds is 4. The van der Waals surface area contributed by atoms with E-state index in [0.29, 0.717) is 5.92 Å². The maximum Gasteiger partial charge on any atom is 0.176 e. The highest BCUT2D eigenvalue weighted by atomic mass is 32.2. The minimum absolute atomic E-state index is 0.298. The molecule has 2 aromatic heterocycles. The molecule has 0 amide bonds. The van der Waals surface area contributed by atoms with Gasteiger partial charge in [0.25, 0.3) is 0 Å². The summed E-state index contributed by atoms with van der Waals surface area (Å²) in [7, 11) is 1.87. The standard InChI is InChI=1S/C11H15N5S2/c1-6(2)8-15-9(12-4)7(3)10(16-8)17-11-13-5-14-18-11/h5-6H,1-4H3,(H,12,15,16). The van der Waals surface area contributed by atoms with E-state index in [1.165, 1.54) is 23.3 Å². The van der Waals surface area contributed by atoms with Crippen molar-refractivity contribution in [3.63, 3.8) is 0 Å². The molecule has 0 unspecified atom stereocenters. The lowest BCUT2D eigenvalue weighted by Crippen LogP contribution is -2.06. The fourth-order valence-electron chi connectivity index (χ4n) is 1.40. The average Bonchev–Trinajstić information content (AvgIpc) is 2.84. The normalized spacial score (nSPS) is 10.9. The summed E-state index contributed by atoms with van der Waals surface area (Å²) in [6.45, 7) is 6.19. The Balaban J connectivity index is 2.41. The molecule has 0 aromatic carbocycles. The summed E-state index contributed by atoms with van der Waals surface area (Å²) in [6.07, 6.45) is 1.56. The van der Waals surface area contributed by atoms with Crippen LogP contribution in [0.1, 0.15) is 31.2 Å². The van der Waals surface area contributed by atoms with Crippen LogP contribution in [-0.2, 0) is 0 Å². The molecule has 2 rings (SSSR count). The summed E-state index contributed by atoms with van der Waals surface area (Å²) in [5.41, 5.74) is 1.04. The van der Waals surface area contributed by atoms with Crippen molar-refractivity contribution in [1.29, 1.82) is 0 Å². The zero-order valence-corrected chi connectivity index (χ0v) is 12.4. The first-order chi connectivity index (χ1) is 8.61. The quantitative estimate of drug-likeness (QED) is 0.869. The summed E-state index contributed by atoms with van der Waals surface area (Å²) >= 11 is 2.91. The monoisotopic (exact) mass is 281 g/mol. The number of nitrogens with one attached hydrogen (secondary N) is 1. The Labute approximate surface area is 115 Å². The molecule has 0 fully saturated rings. The number of nitrogens with zero attached hydrogens (tertiary/aromatic N) is 4. The Kier molecular flexibility index (Phi) is 4.13. The molecule has 0 aliphatic rings. The lowest BCUT2D eigenvalue weighted by atomic mass is 10.2. The van der Waals surface area contributed by atoms with Gasteiger partial charge in [0.15, 0.2) is 4.34 Å². The number of anilines is 1. The van der Waals surface area contributed by atoms with Gasteiger partial charge in [0.05, 0.1) is 0 Å². The smallest absolute Gasteiger partial charge is 0.176 e. The number of aromatic nitrogens is 4. The van der Waals surface area contributed by atoms with Crippen LogP contribution in [0.2, 0.25) is 0 Å². The van der Waals surface area contributed by atoms with E-state index in [2.05, 4.69) is 38.5 Å². The zero-order valence-electron chi connectivity index (χ0n) is 10.8. The third kappa shape index (κ3) is 2.78. The first-order valence-electron chi connectivity index (χ1n) is 5.62. The largest absolute Gasteiger partial charge is 0.373 e. The lowest BCUT2D eigenvalue weighted by Gasteiger charge is -2.12. The fourth-order valence-corrected chi connectivity index (χ4v) is 2.85. The van der Waals surface area contributed by atoms with E-state index in [1.54, 1.807) is 6.33 Å². The molecule has 5 nitrogen and oxygen atoms in total. The summed E-state index contributed by atoms with van der Waals surface area (Å²) in [4.78, 5) is 13.3. The number of hydrogen-bond acceptors (Lipinski definition) is 7. The molecular weight excluding hydrogens is 266 g/mol. The van der Waals surface area contributed by atoms with Crippen LogP contribution < -0.4 is 5.32 Å². The van der Waals surface area contributed by atoms with Crippen molar-refractivity contribution >= 4 is 29.1 Å². The highest BCUT2D eigenvalue weighted by Gasteiger charge is 2.14. The first kappa shape index (κ1) is 13.2. The topological polar surface area (TPSA) is 63.6 Å². The predicted octanol–water partition coefficient (Wildman–Crippen LogP) is 2.95. The van der Waals surface area contributed by atoms with Crippen molar-refractivity contribution in [2.75, 3.05) is 12.4 Å². The van der Waals surface area contributed by atoms with Gasteiger partial charge in [0.2, 0.25) is 0 Å². The van der Waals surface area contributed by atoms with E-state index in [0.717, 1.165) is 26.6 Å². The lowest BCUT2D eigenvalue weighted by molar-refractivity contribution is 0.749. The van der Waals surface area contributed by atoms with Gasteiger partial charge in [-0.2, -0.15) is 4.37 Å². The second kappa shape index (κ2) is 5.62. The van der Waals surface area contributed by atoms with Crippen molar-refractivity contribution in [2.24, 2.45) is 0 Å². The van der Waals surface area contributed by atoms with Crippen LogP contribution in [0.15, 0.2) is 15.7 Å². The molecule has 0 spiro atoms. The Hall–Kier alpha value is -1.21. The molecule has 1 N–H and O–H groups in total. The predicted molar refractivity (Wildman–Crippen MR) is 74.4 cm³/mol. The van der Waals surface area contributed by atoms with Crippen LogP contribution in [0.5, 0.6) is 0 Å². The molecule has 0 atom stereocenters. The Morgan fingerprint density at radius 2 is 2.11 bits per heavy atom. The third-order valence-corrected chi connectivity index (χ3v) is 4.20. The Morgan fingerprint density at radius 3 is 2.67 bits per heavy atom. The van der Waals surface area contributed by atoms with Crippen molar-refractivity contribution in [2.45, 2.75) is 36.1 Å². The molecule has 2 aromatic rings. The summed E-state index contributed by atoms with van der Waals surface area (Å²) in [6, 6.07) is 0. The van der Waals surface area contributed by atoms with Gasteiger partial charge in [-0.15, -0.1) is 0 Å². The Morgan fingerprint density at radius 1 is 1.33 bits per heavy atom.